The third-order valence-corrected chi connectivity index (χ3v) is 6.31. The summed E-state index contributed by atoms with van der Waals surface area (Å²) in [6.07, 6.45) is 0.670. The Morgan fingerprint density at radius 3 is 2.43 bits per heavy atom. The van der Waals surface area contributed by atoms with E-state index in [0.717, 1.165) is 0 Å². The Morgan fingerprint density at radius 1 is 1.11 bits per heavy atom. The molecule has 208 valence electrons. The van der Waals surface area contributed by atoms with Crippen LogP contribution in [0.1, 0.15) is 57.3 Å². The van der Waals surface area contributed by atoms with Crippen LogP contribution in [0, 0.1) is 11.8 Å². The Kier molecular flexibility index (Phi) is 12.0. The van der Waals surface area contributed by atoms with E-state index in [4.69, 9.17) is 14.2 Å². The van der Waals surface area contributed by atoms with E-state index in [1.165, 1.54) is 4.90 Å². The molecule has 0 unspecified atom stereocenters. The molecule has 1 heterocycles. The average molecular weight is 522 g/mol. The van der Waals surface area contributed by atoms with E-state index in [0.29, 0.717) is 62.6 Å². The van der Waals surface area contributed by atoms with Crippen LogP contribution in [0.15, 0.2) is 18.2 Å². The number of piperidine rings is 1. The third-order valence-electron chi connectivity index (χ3n) is 6.31. The van der Waals surface area contributed by atoms with Crippen molar-refractivity contribution in [3.63, 3.8) is 0 Å². The number of methoxy groups -OCH3 is 2. The Morgan fingerprint density at radius 2 is 1.84 bits per heavy atom. The van der Waals surface area contributed by atoms with Gasteiger partial charge in [0.15, 0.2) is 11.5 Å². The number of amides is 3. The number of hydrogen-bond acceptors (Lipinski definition) is 6. The van der Waals surface area contributed by atoms with E-state index in [1.54, 1.807) is 37.3 Å². The number of likely N-dealkylation sites (tertiary alicyclic amines) is 1. The molecule has 1 fully saturated rings. The summed E-state index contributed by atoms with van der Waals surface area (Å²) in [5, 5.41) is 12.7. The number of carboxylic acid groups (broad SMARTS) is 1. The van der Waals surface area contributed by atoms with Crippen molar-refractivity contribution < 1.29 is 33.7 Å². The quantitative estimate of drug-likeness (QED) is 0.382. The van der Waals surface area contributed by atoms with Crippen molar-refractivity contribution in [3.05, 3.63) is 23.8 Å². The number of hydrogen-bond donors (Lipinski definition) is 2. The fourth-order valence-corrected chi connectivity index (χ4v) is 4.66. The normalized spacial score (nSPS) is 17.6. The maximum absolute atomic E-state index is 13.8. The minimum atomic E-state index is -1.03. The molecular formula is C27H43N3O7. The Balaban J connectivity index is 2.24. The molecule has 1 aliphatic heterocycles. The molecule has 1 aliphatic rings. The van der Waals surface area contributed by atoms with Gasteiger partial charge in [-0.2, -0.15) is 0 Å². The van der Waals surface area contributed by atoms with Gasteiger partial charge in [-0.3, -0.25) is 9.59 Å². The molecule has 10 heteroatoms. The van der Waals surface area contributed by atoms with E-state index in [1.807, 2.05) is 27.7 Å². The third kappa shape index (κ3) is 9.10. The summed E-state index contributed by atoms with van der Waals surface area (Å²) >= 11 is 0. The summed E-state index contributed by atoms with van der Waals surface area (Å²) in [6.45, 7) is 9.66. The lowest BCUT2D eigenvalue weighted by Crippen LogP contribution is -2.57. The summed E-state index contributed by atoms with van der Waals surface area (Å²) in [5.41, 5.74) is 0.436. The fourth-order valence-electron chi connectivity index (χ4n) is 4.66. The molecule has 0 saturated carbocycles. The molecule has 10 nitrogen and oxygen atoms in total. The lowest BCUT2D eigenvalue weighted by Gasteiger charge is -2.43. The first-order valence-corrected chi connectivity index (χ1v) is 12.9. The van der Waals surface area contributed by atoms with Gasteiger partial charge in [0.1, 0.15) is 0 Å². The van der Waals surface area contributed by atoms with Gasteiger partial charge in [0, 0.05) is 57.8 Å². The minimum Gasteiger partial charge on any atom is -0.493 e. The van der Waals surface area contributed by atoms with Gasteiger partial charge in [-0.25, -0.2) is 4.79 Å². The van der Waals surface area contributed by atoms with Gasteiger partial charge in [-0.1, -0.05) is 13.8 Å². The Labute approximate surface area is 220 Å². The molecule has 0 aliphatic carbocycles. The van der Waals surface area contributed by atoms with Crippen LogP contribution >= 0.6 is 0 Å². The van der Waals surface area contributed by atoms with Crippen molar-refractivity contribution in [1.82, 2.24) is 15.1 Å². The second-order valence-corrected chi connectivity index (χ2v) is 10.2. The Hall–Kier alpha value is -3.01. The van der Waals surface area contributed by atoms with Crippen LogP contribution in [-0.2, 0) is 9.53 Å². The smallest absolute Gasteiger partial charge is 0.407 e. The number of nitrogens with one attached hydrogen (secondary N) is 1. The summed E-state index contributed by atoms with van der Waals surface area (Å²) in [5.74, 6) is 0.871. The molecule has 0 radical (unpaired) electrons. The van der Waals surface area contributed by atoms with E-state index in [-0.39, 0.29) is 42.3 Å². The van der Waals surface area contributed by atoms with Crippen LogP contribution in [0.4, 0.5) is 4.79 Å². The van der Waals surface area contributed by atoms with Crippen LogP contribution in [-0.4, -0.2) is 92.0 Å². The van der Waals surface area contributed by atoms with Crippen LogP contribution in [0.2, 0.25) is 0 Å². The number of benzene rings is 1. The van der Waals surface area contributed by atoms with Crippen molar-refractivity contribution in [1.29, 1.82) is 0 Å². The number of ether oxygens (including phenoxy) is 3. The van der Waals surface area contributed by atoms with E-state index >= 15 is 0 Å². The van der Waals surface area contributed by atoms with Crippen molar-refractivity contribution in [2.24, 2.45) is 11.8 Å². The second-order valence-electron chi connectivity index (χ2n) is 10.2. The fraction of sp³-hybridized carbons (Fsp3) is 0.667. The zero-order valence-corrected chi connectivity index (χ0v) is 23.0. The lowest BCUT2D eigenvalue weighted by molar-refractivity contribution is -0.122. The van der Waals surface area contributed by atoms with Crippen molar-refractivity contribution in [2.75, 3.05) is 47.1 Å². The molecule has 0 spiro atoms. The average Bonchev–Trinajstić information content (AvgIpc) is 2.84. The minimum absolute atomic E-state index is 0.0490. The number of carbonyl (C=O) groups excluding carboxylic acids is 2. The largest absolute Gasteiger partial charge is 0.493 e. The maximum atomic E-state index is 13.8. The van der Waals surface area contributed by atoms with Gasteiger partial charge in [0.2, 0.25) is 5.91 Å². The number of carbonyl (C=O) groups is 3. The molecule has 2 atom stereocenters. The van der Waals surface area contributed by atoms with Crippen molar-refractivity contribution in [3.8, 4) is 11.5 Å². The van der Waals surface area contributed by atoms with Crippen molar-refractivity contribution >= 4 is 17.9 Å². The summed E-state index contributed by atoms with van der Waals surface area (Å²) in [4.78, 5) is 41.0. The summed E-state index contributed by atoms with van der Waals surface area (Å²) in [7, 11) is 3.17. The van der Waals surface area contributed by atoms with Crippen LogP contribution in [0.3, 0.4) is 0 Å². The first-order chi connectivity index (χ1) is 17.6. The molecule has 2 N–H and O–H groups in total. The van der Waals surface area contributed by atoms with E-state index < -0.39 is 6.09 Å². The highest BCUT2D eigenvalue weighted by atomic mass is 16.5. The molecule has 1 saturated heterocycles. The molecule has 1 aromatic rings. The molecule has 0 aromatic heterocycles. The highest BCUT2D eigenvalue weighted by Gasteiger charge is 2.37. The first kappa shape index (κ1) is 30.2. The van der Waals surface area contributed by atoms with Gasteiger partial charge < -0.3 is 34.4 Å². The van der Waals surface area contributed by atoms with E-state index in [9.17, 15) is 19.5 Å². The van der Waals surface area contributed by atoms with Crippen LogP contribution in [0.25, 0.3) is 0 Å². The van der Waals surface area contributed by atoms with E-state index in [2.05, 4.69) is 5.32 Å². The van der Waals surface area contributed by atoms with Gasteiger partial charge >= 0.3 is 6.09 Å². The number of nitrogens with zero attached hydrogens (tertiary/aromatic N) is 2. The van der Waals surface area contributed by atoms with Gasteiger partial charge in [-0.15, -0.1) is 0 Å². The molecule has 0 bridgehead atoms. The van der Waals surface area contributed by atoms with Crippen molar-refractivity contribution in [2.45, 2.75) is 59.0 Å². The maximum Gasteiger partial charge on any atom is 0.407 e. The van der Waals surface area contributed by atoms with Crippen LogP contribution < -0.4 is 14.8 Å². The predicted molar refractivity (Wildman–Crippen MR) is 140 cm³/mol. The van der Waals surface area contributed by atoms with Gasteiger partial charge in [0.25, 0.3) is 5.91 Å². The molecule has 1 aromatic carbocycles. The number of rotatable bonds is 13. The highest BCUT2D eigenvalue weighted by Crippen LogP contribution is 2.30. The monoisotopic (exact) mass is 521 g/mol. The predicted octanol–water partition coefficient (Wildman–Crippen LogP) is 3.49. The molecule has 37 heavy (non-hydrogen) atoms. The molecule has 2 rings (SSSR count). The summed E-state index contributed by atoms with van der Waals surface area (Å²) < 4.78 is 16.3. The lowest BCUT2D eigenvalue weighted by atomic mass is 9.91. The summed E-state index contributed by atoms with van der Waals surface area (Å²) in [6, 6.07) is 4.56. The highest BCUT2D eigenvalue weighted by molar-refractivity contribution is 5.95. The zero-order valence-electron chi connectivity index (χ0n) is 23.0. The zero-order chi connectivity index (χ0) is 27.5. The topological polar surface area (TPSA) is 118 Å². The molecule has 3 amide bonds. The van der Waals surface area contributed by atoms with Gasteiger partial charge in [0.05, 0.1) is 19.8 Å². The second kappa shape index (κ2) is 14.7. The molecular weight excluding hydrogens is 478 g/mol. The first-order valence-electron chi connectivity index (χ1n) is 12.9. The van der Waals surface area contributed by atoms with Crippen LogP contribution in [0.5, 0.6) is 11.5 Å². The Bertz CT molecular complexity index is 906. The SMILES string of the molecule is COCCCOc1cc(C(=O)N(C(C)C)[C@@H]2C[C@H](CNC(=O)CC(C)C)CN(C(=O)O)C2)ccc1OC. The standard InChI is InChI=1S/C27H43N3O7/c1-18(2)12-25(31)28-15-20-13-22(17-29(16-20)27(33)34)30(19(3)4)26(32)21-8-9-23(36-6)24(14-21)37-11-7-10-35-5/h8-9,14,18-20,22H,7,10-13,15-17H2,1-6H3,(H,28,31)(H,33,34)/t20-,22-/m1/s1. The van der Waals surface area contributed by atoms with Gasteiger partial charge in [-0.05, 0) is 50.3 Å².